The second-order valence-corrected chi connectivity index (χ2v) is 0.959. The minimum atomic E-state index is -0.164. The van der Waals surface area contributed by atoms with Crippen LogP contribution < -0.4 is 0 Å². The van der Waals surface area contributed by atoms with Gasteiger partial charge in [0.2, 0.25) is 0 Å². The summed E-state index contributed by atoms with van der Waals surface area (Å²) in [6.45, 7) is 1.70. The molecule has 0 unspecified atom stereocenters. The van der Waals surface area contributed by atoms with Gasteiger partial charge in [0.1, 0.15) is 0 Å². The summed E-state index contributed by atoms with van der Waals surface area (Å²) in [5.41, 5.74) is 7.65. The first-order chi connectivity index (χ1) is 3.31. The number of aliphatic hydroxyl groups is 1. The van der Waals surface area contributed by atoms with Gasteiger partial charge in [-0.1, -0.05) is 12.0 Å². The van der Waals surface area contributed by atoms with Crippen LogP contribution in [0.2, 0.25) is 0 Å². The Morgan fingerprint density at radius 2 is 2.57 bits per heavy atom. The van der Waals surface area contributed by atoms with Crippen LogP contribution in [0.25, 0.3) is 10.4 Å². The zero-order valence-electron chi connectivity index (χ0n) is 4.00. The molecule has 0 saturated heterocycles. The van der Waals surface area contributed by atoms with Crippen molar-refractivity contribution in [2.75, 3.05) is 0 Å². The summed E-state index contributed by atoms with van der Waals surface area (Å²) in [7, 11) is 0. The molecule has 39 valence electrons. The van der Waals surface area contributed by atoms with Crippen molar-refractivity contribution in [3.63, 3.8) is 0 Å². The molecule has 4 nitrogen and oxygen atoms in total. The Kier molecular flexibility index (Phi) is 3.10. The molecule has 0 amide bonds. The molecule has 7 heavy (non-hydrogen) atoms. The molecule has 0 rings (SSSR count). The molecule has 1 N–H and O–H groups in total. The van der Waals surface area contributed by atoms with Gasteiger partial charge in [0.25, 0.3) is 0 Å². The highest BCUT2D eigenvalue weighted by molar-refractivity contribution is 4.68. The van der Waals surface area contributed by atoms with Crippen molar-refractivity contribution < 1.29 is 5.11 Å². The molecule has 0 aliphatic carbocycles. The van der Waals surface area contributed by atoms with E-state index in [1.54, 1.807) is 6.92 Å². The van der Waals surface area contributed by atoms with Crippen molar-refractivity contribution in [3.8, 4) is 0 Å². The Bertz CT molecular complexity index is 86.2. The van der Waals surface area contributed by atoms with Crippen molar-refractivity contribution in [1.82, 2.24) is 0 Å². The minimum absolute atomic E-state index is 0.164. The topological polar surface area (TPSA) is 69.0 Å². The monoisotopic (exact) mass is 100 g/mol. The largest absolute Gasteiger partial charge is 0.381 e. The van der Waals surface area contributed by atoms with E-state index in [1.807, 2.05) is 0 Å². The van der Waals surface area contributed by atoms with Gasteiger partial charge in [-0.2, -0.15) is 0 Å². The third-order valence-electron chi connectivity index (χ3n) is 0.476. The SMILES string of the molecule is CC[C](O)N=[N+]=[N-]. The van der Waals surface area contributed by atoms with E-state index < -0.39 is 0 Å². The minimum Gasteiger partial charge on any atom is -0.381 e. The van der Waals surface area contributed by atoms with E-state index in [0.29, 0.717) is 6.42 Å². The number of nitrogens with zero attached hydrogens (tertiary/aromatic N) is 3. The van der Waals surface area contributed by atoms with Gasteiger partial charge in [0, 0.05) is 4.91 Å². The van der Waals surface area contributed by atoms with Crippen molar-refractivity contribution in [1.29, 1.82) is 0 Å². The maximum Gasteiger partial charge on any atom is 0.177 e. The molecule has 0 aromatic rings. The maximum absolute atomic E-state index is 8.35. The molecule has 0 aliphatic rings. The molecule has 0 aliphatic heterocycles. The smallest absolute Gasteiger partial charge is 0.177 e. The summed E-state index contributed by atoms with van der Waals surface area (Å²) in [6, 6.07) is 0. The number of hydrogen-bond acceptors (Lipinski definition) is 2. The molecule has 4 heteroatoms. The average Bonchev–Trinajstić information content (AvgIpc) is 1.68. The first-order valence-corrected chi connectivity index (χ1v) is 1.91. The molecule has 0 spiro atoms. The summed E-state index contributed by atoms with van der Waals surface area (Å²) in [5.74, 6) is 0. The lowest BCUT2D eigenvalue weighted by Gasteiger charge is -1.89. The van der Waals surface area contributed by atoms with E-state index in [1.165, 1.54) is 0 Å². The molecule has 0 atom stereocenters. The quantitative estimate of drug-likeness (QED) is 0.319. The predicted molar refractivity (Wildman–Crippen MR) is 24.6 cm³/mol. The van der Waals surface area contributed by atoms with Crippen LogP contribution in [-0.4, -0.2) is 5.11 Å². The third-order valence-corrected chi connectivity index (χ3v) is 0.476. The van der Waals surface area contributed by atoms with E-state index in [2.05, 4.69) is 10.0 Å². The molecule has 0 fully saturated rings. The fraction of sp³-hybridized carbons (Fsp3) is 0.667. The molecular formula is C3H6N3O. The van der Waals surface area contributed by atoms with E-state index >= 15 is 0 Å². The molecule has 0 aromatic heterocycles. The van der Waals surface area contributed by atoms with Crippen LogP contribution >= 0.6 is 0 Å². The van der Waals surface area contributed by atoms with Crippen LogP contribution in [0.4, 0.5) is 0 Å². The standard InChI is InChI=1S/C3H6N3O/c1-2-3(7)5-6-4/h7H,2H2,1H3. The van der Waals surface area contributed by atoms with Crippen molar-refractivity contribution in [3.05, 3.63) is 16.7 Å². The van der Waals surface area contributed by atoms with Crippen LogP contribution in [0.5, 0.6) is 0 Å². The number of hydrogen-bond donors (Lipinski definition) is 1. The Labute approximate surface area is 41.4 Å². The second-order valence-electron chi connectivity index (χ2n) is 0.959. The van der Waals surface area contributed by atoms with Gasteiger partial charge in [-0.25, -0.2) is 0 Å². The van der Waals surface area contributed by atoms with Gasteiger partial charge >= 0.3 is 0 Å². The summed E-state index contributed by atoms with van der Waals surface area (Å²) < 4.78 is 0. The highest BCUT2D eigenvalue weighted by atomic mass is 16.3. The van der Waals surface area contributed by atoms with Crippen LogP contribution in [0, 0.1) is 6.23 Å². The maximum atomic E-state index is 8.35. The van der Waals surface area contributed by atoms with E-state index in [4.69, 9.17) is 10.6 Å². The zero-order chi connectivity index (χ0) is 5.70. The van der Waals surface area contributed by atoms with Crippen LogP contribution in [-0.2, 0) is 0 Å². The summed E-state index contributed by atoms with van der Waals surface area (Å²) in [4.78, 5) is 2.34. The molecule has 0 heterocycles. The van der Waals surface area contributed by atoms with Crippen molar-refractivity contribution in [2.45, 2.75) is 13.3 Å². The first-order valence-electron chi connectivity index (χ1n) is 1.91. The van der Waals surface area contributed by atoms with Crippen LogP contribution in [0.1, 0.15) is 13.3 Å². The van der Waals surface area contributed by atoms with Gasteiger partial charge in [-0.3, -0.25) is 0 Å². The van der Waals surface area contributed by atoms with E-state index in [-0.39, 0.29) is 6.23 Å². The van der Waals surface area contributed by atoms with Gasteiger partial charge in [0.05, 0.1) is 0 Å². The first kappa shape index (κ1) is 6.27. The van der Waals surface area contributed by atoms with Gasteiger partial charge < -0.3 is 5.11 Å². The lowest BCUT2D eigenvalue weighted by atomic mass is 10.5. The molecule has 1 radical (unpaired) electrons. The fourth-order valence-corrected chi connectivity index (χ4v) is 0.122. The number of rotatable bonds is 2. The second kappa shape index (κ2) is 3.46. The Hall–Kier alpha value is -0.730. The Balaban J connectivity index is 3.35. The number of azide groups is 1. The van der Waals surface area contributed by atoms with Crippen molar-refractivity contribution >= 4 is 0 Å². The highest BCUT2D eigenvalue weighted by Gasteiger charge is 1.92. The average molecular weight is 100 g/mol. The Morgan fingerprint density at radius 1 is 2.00 bits per heavy atom. The zero-order valence-corrected chi connectivity index (χ0v) is 4.00. The van der Waals surface area contributed by atoms with Gasteiger partial charge in [0.15, 0.2) is 6.23 Å². The van der Waals surface area contributed by atoms with E-state index in [0.717, 1.165) is 0 Å². The summed E-state index contributed by atoms with van der Waals surface area (Å²) >= 11 is 0. The molecule has 0 bridgehead atoms. The van der Waals surface area contributed by atoms with Gasteiger partial charge in [-0.15, -0.1) is 0 Å². The lowest BCUT2D eigenvalue weighted by molar-refractivity contribution is 0.291. The fourth-order valence-electron chi connectivity index (χ4n) is 0.122. The Morgan fingerprint density at radius 3 is 2.71 bits per heavy atom. The summed E-state index contributed by atoms with van der Waals surface area (Å²) in [6.07, 6.45) is 0.229. The van der Waals surface area contributed by atoms with Crippen molar-refractivity contribution in [2.24, 2.45) is 5.11 Å². The lowest BCUT2D eigenvalue weighted by Crippen LogP contribution is -1.83. The van der Waals surface area contributed by atoms with Crippen LogP contribution in [0.15, 0.2) is 5.11 Å². The normalized spacial score (nSPS) is 8.43. The van der Waals surface area contributed by atoms with Gasteiger partial charge in [-0.05, 0) is 12.0 Å². The highest BCUT2D eigenvalue weighted by Crippen LogP contribution is 1.99. The molecule has 0 aromatic carbocycles. The molecule has 0 saturated carbocycles. The third kappa shape index (κ3) is 3.09. The number of aliphatic hydroxyl groups excluding tert-OH is 1. The summed E-state index contributed by atoms with van der Waals surface area (Å²) in [5, 5.41) is 11.2. The van der Waals surface area contributed by atoms with Crippen LogP contribution in [0.3, 0.4) is 0 Å². The van der Waals surface area contributed by atoms with E-state index in [9.17, 15) is 0 Å². The predicted octanol–water partition coefficient (Wildman–Crippen LogP) is 1.57. The molecular weight excluding hydrogens is 94.1 g/mol.